The maximum atomic E-state index is 12.7. The summed E-state index contributed by atoms with van der Waals surface area (Å²) in [6.07, 6.45) is 8.92. The van der Waals surface area contributed by atoms with Crippen LogP contribution in [-0.4, -0.2) is 25.4 Å². The summed E-state index contributed by atoms with van der Waals surface area (Å²) in [7, 11) is 0. The molecule has 4 aromatic rings. The van der Waals surface area contributed by atoms with E-state index in [2.05, 4.69) is 27.2 Å². The number of hydrogen-bond acceptors (Lipinski definition) is 4. The quantitative estimate of drug-likeness (QED) is 0.348. The molecule has 0 spiro atoms. The number of carbonyl (C=O) groups is 1. The van der Waals surface area contributed by atoms with Crippen molar-refractivity contribution < 1.29 is 4.79 Å². The Morgan fingerprint density at radius 2 is 1.97 bits per heavy atom. The minimum absolute atomic E-state index is 0.133. The number of imidazole rings is 2. The lowest BCUT2D eigenvalue weighted by atomic mass is 10.1. The van der Waals surface area contributed by atoms with Crippen LogP contribution in [0.2, 0.25) is 0 Å². The van der Waals surface area contributed by atoms with Crippen LogP contribution in [0.5, 0.6) is 0 Å². The topological polar surface area (TPSA) is 102 Å². The van der Waals surface area contributed by atoms with Gasteiger partial charge in [-0.25, -0.2) is 9.97 Å². The number of H-pyrrole nitrogens is 1. The summed E-state index contributed by atoms with van der Waals surface area (Å²) in [4.78, 5) is 24.3. The minimum Gasteiger partial charge on any atom is -0.369 e. The number of aromatic amines is 1. The molecule has 2 aromatic heterocycles. The van der Waals surface area contributed by atoms with Gasteiger partial charge in [0.1, 0.15) is 0 Å². The molecule has 0 saturated carbocycles. The molecular weight excluding hydrogens is 388 g/mol. The molecule has 0 atom stereocenters. The summed E-state index contributed by atoms with van der Waals surface area (Å²) in [5, 5.41) is 2.96. The van der Waals surface area contributed by atoms with E-state index in [1.54, 1.807) is 12.5 Å². The number of carbonyl (C=O) groups excluding carboxylic acids is 1. The maximum Gasteiger partial charge on any atom is 0.255 e. The van der Waals surface area contributed by atoms with Crippen molar-refractivity contribution in [2.45, 2.75) is 45.6 Å². The predicted molar refractivity (Wildman–Crippen MR) is 124 cm³/mol. The Morgan fingerprint density at radius 3 is 2.71 bits per heavy atom. The van der Waals surface area contributed by atoms with Crippen molar-refractivity contribution in [2.75, 3.05) is 11.1 Å². The monoisotopic (exact) mass is 416 g/mol. The first-order valence-corrected chi connectivity index (χ1v) is 10.8. The number of fused-ring (bicyclic) bond motifs is 1. The van der Waals surface area contributed by atoms with Crippen LogP contribution >= 0.6 is 0 Å². The average molecular weight is 417 g/mol. The van der Waals surface area contributed by atoms with Gasteiger partial charge in [0.25, 0.3) is 5.91 Å². The van der Waals surface area contributed by atoms with Crippen LogP contribution in [0.25, 0.3) is 11.0 Å². The molecule has 0 aliphatic carbocycles. The lowest BCUT2D eigenvalue weighted by molar-refractivity contribution is 0.102. The van der Waals surface area contributed by atoms with Crippen molar-refractivity contribution in [3.63, 3.8) is 0 Å². The molecule has 0 fully saturated rings. The number of unbranched alkanes of at least 4 members (excludes halogenated alkanes) is 2. The third-order valence-electron chi connectivity index (χ3n) is 5.48. The Kier molecular flexibility index (Phi) is 6.31. The van der Waals surface area contributed by atoms with Crippen molar-refractivity contribution in [1.82, 2.24) is 19.5 Å². The largest absolute Gasteiger partial charge is 0.369 e. The number of nitrogen functional groups attached to an aromatic ring is 1. The van der Waals surface area contributed by atoms with Crippen molar-refractivity contribution >= 4 is 28.6 Å². The number of rotatable bonds is 9. The zero-order valence-electron chi connectivity index (χ0n) is 17.8. The third-order valence-corrected chi connectivity index (χ3v) is 5.48. The summed E-state index contributed by atoms with van der Waals surface area (Å²) in [5.41, 5.74) is 11.5. The van der Waals surface area contributed by atoms with Crippen molar-refractivity contribution in [3.8, 4) is 0 Å². The van der Waals surface area contributed by atoms with E-state index in [9.17, 15) is 4.79 Å². The highest BCUT2D eigenvalue weighted by Gasteiger charge is 2.11. The van der Waals surface area contributed by atoms with Gasteiger partial charge in [0.2, 0.25) is 5.95 Å². The normalized spacial score (nSPS) is 11.1. The van der Waals surface area contributed by atoms with Crippen LogP contribution in [0, 0.1) is 0 Å². The molecule has 2 heterocycles. The molecule has 0 unspecified atom stereocenters. The first-order chi connectivity index (χ1) is 15.1. The molecule has 31 heavy (non-hydrogen) atoms. The fourth-order valence-corrected chi connectivity index (χ4v) is 3.72. The Morgan fingerprint density at radius 1 is 1.13 bits per heavy atom. The van der Waals surface area contributed by atoms with Gasteiger partial charge in [-0.15, -0.1) is 0 Å². The number of nitrogens with one attached hydrogen (secondary N) is 2. The third kappa shape index (κ3) is 4.94. The van der Waals surface area contributed by atoms with Crippen LogP contribution in [0.1, 0.15) is 47.8 Å². The second-order valence-electron chi connectivity index (χ2n) is 7.76. The van der Waals surface area contributed by atoms with E-state index < -0.39 is 0 Å². The molecule has 0 bridgehead atoms. The van der Waals surface area contributed by atoms with Gasteiger partial charge in [-0.05, 0) is 48.7 Å². The Balaban J connectivity index is 1.43. The lowest BCUT2D eigenvalue weighted by Gasteiger charge is -2.08. The van der Waals surface area contributed by atoms with Crippen LogP contribution in [-0.2, 0) is 19.4 Å². The minimum atomic E-state index is -0.133. The zero-order chi connectivity index (χ0) is 21.6. The molecule has 4 N–H and O–H groups in total. The van der Waals surface area contributed by atoms with E-state index in [1.165, 1.54) is 24.8 Å². The first kappa shape index (κ1) is 20.7. The number of anilines is 2. The smallest absolute Gasteiger partial charge is 0.255 e. The highest BCUT2D eigenvalue weighted by molar-refractivity contribution is 6.05. The molecule has 0 aliphatic rings. The number of amides is 1. The second-order valence-corrected chi connectivity index (χ2v) is 7.76. The summed E-state index contributed by atoms with van der Waals surface area (Å²) in [5.74, 6) is 0.322. The van der Waals surface area contributed by atoms with Crippen LogP contribution in [0.15, 0.2) is 55.0 Å². The Hall–Kier alpha value is -3.61. The zero-order valence-corrected chi connectivity index (χ0v) is 17.8. The predicted octanol–water partition coefficient (Wildman–Crippen LogP) is 4.57. The number of hydrogen-bond donors (Lipinski definition) is 3. The van der Waals surface area contributed by atoms with Gasteiger partial charge in [0, 0.05) is 36.1 Å². The van der Waals surface area contributed by atoms with Gasteiger partial charge in [-0.1, -0.05) is 31.9 Å². The van der Waals surface area contributed by atoms with Gasteiger partial charge in [0.05, 0.1) is 17.4 Å². The highest BCUT2D eigenvalue weighted by Crippen LogP contribution is 2.23. The molecular formula is C24H28N6O. The molecule has 2 aromatic carbocycles. The lowest BCUT2D eigenvalue weighted by Crippen LogP contribution is -2.11. The fraction of sp³-hybridized carbons (Fsp3) is 0.292. The standard InChI is InChI=1S/C24H28N6O/c1-2-3-4-5-17-6-8-18(9-7-17)23(31)28-19-10-11-22-21(14-19)29-24(25)30(22)13-12-20-15-26-16-27-20/h6-11,14-16H,2-5,12-13H2,1H3,(H2,25,29)(H,26,27)(H,28,31). The molecule has 7 heteroatoms. The van der Waals surface area contributed by atoms with E-state index in [-0.39, 0.29) is 5.91 Å². The number of nitrogens with zero attached hydrogens (tertiary/aromatic N) is 3. The number of aromatic nitrogens is 4. The molecule has 0 aliphatic heterocycles. The molecule has 0 radical (unpaired) electrons. The average Bonchev–Trinajstić information content (AvgIpc) is 3.39. The van der Waals surface area contributed by atoms with E-state index in [4.69, 9.17) is 5.73 Å². The Bertz CT molecular complexity index is 1150. The summed E-state index contributed by atoms with van der Waals surface area (Å²) in [6.45, 7) is 2.89. The Labute approximate surface area is 181 Å². The second kappa shape index (κ2) is 9.47. The molecule has 7 nitrogen and oxygen atoms in total. The van der Waals surface area contributed by atoms with E-state index in [0.717, 1.165) is 29.6 Å². The van der Waals surface area contributed by atoms with Crippen LogP contribution in [0.3, 0.4) is 0 Å². The highest BCUT2D eigenvalue weighted by atomic mass is 16.1. The molecule has 1 amide bonds. The SMILES string of the molecule is CCCCCc1ccc(C(=O)Nc2ccc3c(c2)nc(N)n3CCc2cnc[nH]2)cc1. The van der Waals surface area contributed by atoms with E-state index in [1.807, 2.05) is 47.0 Å². The molecule has 0 saturated heterocycles. The van der Waals surface area contributed by atoms with Gasteiger partial charge < -0.3 is 20.6 Å². The van der Waals surface area contributed by atoms with Gasteiger partial charge in [-0.3, -0.25) is 4.79 Å². The van der Waals surface area contributed by atoms with Crippen molar-refractivity contribution in [2.24, 2.45) is 0 Å². The first-order valence-electron chi connectivity index (χ1n) is 10.8. The number of aryl methyl sites for hydroxylation is 3. The van der Waals surface area contributed by atoms with Crippen molar-refractivity contribution in [3.05, 3.63) is 71.8 Å². The van der Waals surface area contributed by atoms with Crippen molar-refractivity contribution in [1.29, 1.82) is 0 Å². The van der Waals surface area contributed by atoms with Gasteiger partial charge >= 0.3 is 0 Å². The van der Waals surface area contributed by atoms with Crippen LogP contribution < -0.4 is 11.1 Å². The summed E-state index contributed by atoms with van der Waals surface area (Å²) < 4.78 is 1.97. The van der Waals surface area contributed by atoms with Crippen LogP contribution in [0.4, 0.5) is 11.6 Å². The molecule has 160 valence electrons. The van der Waals surface area contributed by atoms with E-state index >= 15 is 0 Å². The number of benzene rings is 2. The molecule has 4 rings (SSSR count). The van der Waals surface area contributed by atoms with Gasteiger partial charge in [-0.2, -0.15) is 0 Å². The van der Waals surface area contributed by atoms with E-state index in [0.29, 0.717) is 23.7 Å². The number of nitrogens with two attached hydrogens (primary N) is 1. The maximum absolute atomic E-state index is 12.7. The summed E-state index contributed by atoms with van der Waals surface area (Å²) in [6, 6.07) is 13.5. The summed E-state index contributed by atoms with van der Waals surface area (Å²) >= 11 is 0. The fourth-order valence-electron chi connectivity index (χ4n) is 3.72. The van der Waals surface area contributed by atoms with Gasteiger partial charge in [0.15, 0.2) is 0 Å².